The molecule has 0 fully saturated rings. The van der Waals surface area contributed by atoms with E-state index in [0.717, 1.165) is 0 Å². The minimum Gasteiger partial charge on any atom is -0.325 e. The fourth-order valence-corrected chi connectivity index (χ4v) is 2.85. The van der Waals surface area contributed by atoms with E-state index in [2.05, 4.69) is 5.32 Å². The van der Waals surface area contributed by atoms with Crippen LogP contribution in [0.4, 0.5) is 5.69 Å². The first-order valence-electron chi connectivity index (χ1n) is 7.17. The Kier molecular flexibility index (Phi) is 5.06. The molecule has 0 radical (unpaired) electrons. The fourth-order valence-electron chi connectivity index (χ4n) is 2.33. The number of nitrogens with two attached hydrogens (primary N) is 1. The smallest absolute Gasteiger partial charge is 0.269 e. The number of benzene rings is 1. The number of carbonyl (C=O) groups excluding carboxylic acids is 1. The van der Waals surface area contributed by atoms with Crippen molar-refractivity contribution in [3.63, 3.8) is 0 Å². The average molecular weight is 360 g/mol. The number of nitriles is 1. The Morgan fingerprint density at radius 3 is 2.40 bits per heavy atom. The summed E-state index contributed by atoms with van der Waals surface area (Å²) < 4.78 is 23.6. The minimum absolute atomic E-state index is 0.00379. The van der Waals surface area contributed by atoms with Gasteiger partial charge in [0.25, 0.3) is 5.56 Å². The average Bonchev–Trinajstić information content (AvgIpc) is 2.51. The molecule has 0 aliphatic heterocycles. The monoisotopic (exact) mass is 360 g/mol. The van der Waals surface area contributed by atoms with Gasteiger partial charge in [-0.15, -0.1) is 0 Å². The number of anilines is 1. The molecule has 0 atom stereocenters. The summed E-state index contributed by atoms with van der Waals surface area (Å²) in [7, 11) is -3.81. The van der Waals surface area contributed by atoms with Crippen LogP contribution in [-0.4, -0.2) is 18.9 Å². The molecular formula is C16H16N4O4S. The van der Waals surface area contributed by atoms with Crippen LogP contribution in [0.3, 0.4) is 0 Å². The lowest BCUT2D eigenvalue weighted by atomic mass is 10.1. The van der Waals surface area contributed by atoms with Gasteiger partial charge in [-0.1, -0.05) is 0 Å². The van der Waals surface area contributed by atoms with E-state index >= 15 is 0 Å². The Morgan fingerprint density at radius 2 is 1.88 bits per heavy atom. The molecule has 0 aliphatic rings. The molecule has 2 aromatic rings. The maximum absolute atomic E-state index is 12.3. The molecule has 2 rings (SSSR count). The maximum atomic E-state index is 12.3. The summed E-state index contributed by atoms with van der Waals surface area (Å²) in [6.07, 6.45) is 0. The third-order valence-corrected chi connectivity index (χ3v) is 4.51. The molecule has 1 aromatic heterocycles. The lowest BCUT2D eigenvalue weighted by Gasteiger charge is -2.12. The summed E-state index contributed by atoms with van der Waals surface area (Å²) in [5.74, 6) is -0.485. The predicted molar refractivity (Wildman–Crippen MR) is 91.3 cm³/mol. The highest BCUT2D eigenvalue weighted by Gasteiger charge is 2.13. The van der Waals surface area contributed by atoms with E-state index in [1.807, 2.05) is 6.07 Å². The lowest BCUT2D eigenvalue weighted by molar-refractivity contribution is -0.116. The van der Waals surface area contributed by atoms with Crippen molar-refractivity contribution in [2.75, 3.05) is 5.32 Å². The fraction of sp³-hybridized carbons (Fsp3) is 0.188. The number of hydrogen-bond donors (Lipinski definition) is 2. The molecule has 0 saturated carbocycles. The molecule has 0 saturated heterocycles. The van der Waals surface area contributed by atoms with Crippen LogP contribution in [0.5, 0.6) is 0 Å². The minimum atomic E-state index is -3.81. The highest BCUT2D eigenvalue weighted by molar-refractivity contribution is 7.89. The number of rotatable bonds is 4. The van der Waals surface area contributed by atoms with Crippen molar-refractivity contribution >= 4 is 21.6 Å². The highest BCUT2D eigenvalue weighted by atomic mass is 32.2. The van der Waals surface area contributed by atoms with Crippen molar-refractivity contribution in [2.45, 2.75) is 25.3 Å². The van der Waals surface area contributed by atoms with Crippen molar-refractivity contribution in [3.8, 4) is 6.07 Å². The van der Waals surface area contributed by atoms with Gasteiger partial charge < -0.3 is 9.88 Å². The molecule has 8 nitrogen and oxygen atoms in total. The molecule has 1 aromatic carbocycles. The van der Waals surface area contributed by atoms with E-state index in [-0.39, 0.29) is 17.0 Å². The first kappa shape index (κ1) is 18.4. The number of primary sulfonamides is 1. The van der Waals surface area contributed by atoms with E-state index in [0.29, 0.717) is 16.9 Å². The Morgan fingerprint density at radius 1 is 1.28 bits per heavy atom. The molecule has 0 bridgehead atoms. The first-order valence-corrected chi connectivity index (χ1v) is 8.72. The Balaban J connectivity index is 2.22. The maximum Gasteiger partial charge on any atom is 0.269 e. The summed E-state index contributed by atoms with van der Waals surface area (Å²) in [5, 5.41) is 16.6. The zero-order valence-electron chi connectivity index (χ0n) is 13.6. The van der Waals surface area contributed by atoms with Crippen LogP contribution in [0.15, 0.2) is 40.0 Å². The van der Waals surface area contributed by atoms with Gasteiger partial charge in [-0.3, -0.25) is 9.59 Å². The molecule has 3 N–H and O–H groups in total. The molecule has 0 unspecified atom stereocenters. The van der Waals surface area contributed by atoms with Gasteiger partial charge in [0.1, 0.15) is 18.2 Å². The van der Waals surface area contributed by atoms with Crippen LogP contribution in [0.2, 0.25) is 0 Å². The Labute approximate surface area is 144 Å². The van der Waals surface area contributed by atoms with Crippen molar-refractivity contribution in [1.29, 1.82) is 5.26 Å². The third-order valence-electron chi connectivity index (χ3n) is 3.58. The number of aryl methyl sites for hydroxylation is 2. The van der Waals surface area contributed by atoms with E-state index < -0.39 is 21.5 Å². The van der Waals surface area contributed by atoms with Crippen LogP contribution < -0.4 is 16.0 Å². The molecule has 1 amide bonds. The molecule has 130 valence electrons. The topological polar surface area (TPSA) is 135 Å². The summed E-state index contributed by atoms with van der Waals surface area (Å²) in [4.78, 5) is 24.3. The molecule has 0 spiro atoms. The summed E-state index contributed by atoms with van der Waals surface area (Å²) >= 11 is 0. The Bertz CT molecular complexity index is 1030. The second kappa shape index (κ2) is 6.88. The van der Waals surface area contributed by atoms with Gasteiger partial charge in [0.2, 0.25) is 15.9 Å². The first-order chi connectivity index (χ1) is 11.6. The largest absolute Gasteiger partial charge is 0.325 e. The predicted octanol–water partition coefficient (Wildman–Crippen LogP) is 0.623. The van der Waals surface area contributed by atoms with Gasteiger partial charge in [0, 0.05) is 11.4 Å². The van der Waals surface area contributed by atoms with E-state index in [1.54, 1.807) is 19.9 Å². The molecule has 1 heterocycles. The highest BCUT2D eigenvalue weighted by Crippen LogP contribution is 2.13. The standard InChI is InChI=1S/C16H16N4O4S/c1-10-7-11(2)20(16(22)14(10)8-17)9-15(21)19-12-3-5-13(6-4-12)25(18,23)24/h3-7H,9H2,1-2H3,(H,19,21)(H2,18,23,24). The van der Waals surface area contributed by atoms with Gasteiger partial charge in [-0.05, 0) is 49.7 Å². The van der Waals surface area contributed by atoms with E-state index in [4.69, 9.17) is 10.4 Å². The number of carbonyl (C=O) groups is 1. The van der Waals surface area contributed by atoms with Gasteiger partial charge in [0.15, 0.2) is 0 Å². The number of nitrogens with one attached hydrogen (secondary N) is 1. The summed E-state index contributed by atoms with van der Waals surface area (Å²) in [5.41, 5.74) is 0.938. The number of pyridine rings is 1. The van der Waals surface area contributed by atoms with Crippen molar-refractivity contribution < 1.29 is 13.2 Å². The lowest BCUT2D eigenvalue weighted by Crippen LogP contribution is -2.31. The van der Waals surface area contributed by atoms with Crippen molar-refractivity contribution in [1.82, 2.24) is 4.57 Å². The normalized spacial score (nSPS) is 11.0. The second-order valence-electron chi connectivity index (χ2n) is 5.46. The number of amides is 1. The van der Waals surface area contributed by atoms with Gasteiger partial charge in [-0.2, -0.15) is 5.26 Å². The van der Waals surface area contributed by atoms with Crippen LogP contribution >= 0.6 is 0 Å². The third kappa shape index (κ3) is 4.12. The molecule has 0 aliphatic carbocycles. The second-order valence-corrected chi connectivity index (χ2v) is 7.03. The molecule has 25 heavy (non-hydrogen) atoms. The van der Waals surface area contributed by atoms with Gasteiger partial charge >= 0.3 is 0 Å². The van der Waals surface area contributed by atoms with E-state index in [9.17, 15) is 18.0 Å². The van der Waals surface area contributed by atoms with Crippen LogP contribution in [-0.2, 0) is 21.4 Å². The Hall–Kier alpha value is -2.96. The number of sulfonamides is 1. The van der Waals surface area contributed by atoms with Crippen LogP contribution in [0.25, 0.3) is 0 Å². The van der Waals surface area contributed by atoms with Crippen LogP contribution in [0.1, 0.15) is 16.8 Å². The van der Waals surface area contributed by atoms with E-state index in [1.165, 1.54) is 28.8 Å². The van der Waals surface area contributed by atoms with Gasteiger partial charge in [-0.25, -0.2) is 13.6 Å². The molecular weight excluding hydrogens is 344 g/mol. The zero-order chi connectivity index (χ0) is 18.8. The summed E-state index contributed by atoms with van der Waals surface area (Å²) in [6, 6.07) is 8.82. The van der Waals surface area contributed by atoms with Gasteiger partial charge in [0.05, 0.1) is 4.90 Å². The number of nitrogens with zero attached hydrogens (tertiary/aromatic N) is 2. The zero-order valence-corrected chi connectivity index (χ0v) is 14.4. The van der Waals surface area contributed by atoms with Crippen molar-refractivity contribution in [2.24, 2.45) is 5.14 Å². The quantitative estimate of drug-likeness (QED) is 0.824. The number of hydrogen-bond acceptors (Lipinski definition) is 5. The molecule has 9 heteroatoms. The van der Waals surface area contributed by atoms with Crippen LogP contribution in [0, 0.1) is 25.2 Å². The van der Waals surface area contributed by atoms with Crippen molar-refractivity contribution in [3.05, 3.63) is 57.5 Å². The number of aromatic nitrogens is 1. The summed E-state index contributed by atoms with van der Waals surface area (Å²) in [6.45, 7) is 3.06. The SMILES string of the molecule is Cc1cc(C)n(CC(=O)Nc2ccc(S(N)(=O)=O)cc2)c(=O)c1C#N.